The third-order valence-electron chi connectivity index (χ3n) is 2.88. The summed E-state index contributed by atoms with van der Waals surface area (Å²) in [7, 11) is 1.84. The van der Waals surface area contributed by atoms with Gasteiger partial charge >= 0.3 is 0 Å². The lowest BCUT2D eigenvalue weighted by Gasteiger charge is -2.00. The average molecular weight is 277 g/mol. The minimum absolute atomic E-state index is 0.433. The van der Waals surface area contributed by atoms with Crippen LogP contribution in [0.25, 0.3) is 11.0 Å². The molecule has 0 aliphatic heterocycles. The lowest BCUT2D eigenvalue weighted by Crippen LogP contribution is -2.14. The van der Waals surface area contributed by atoms with E-state index in [1.165, 1.54) is 0 Å². The molecule has 0 saturated carbocycles. The predicted octanol–water partition coefficient (Wildman–Crippen LogP) is 2.50. The molecule has 0 fully saturated rings. The highest BCUT2D eigenvalue weighted by molar-refractivity contribution is 6.30. The highest BCUT2D eigenvalue weighted by Crippen LogP contribution is 2.29. The van der Waals surface area contributed by atoms with Crippen LogP contribution in [-0.4, -0.2) is 14.8 Å². The largest absolute Gasteiger partial charge is 0.444 e. The van der Waals surface area contributed by atoms with Crippen molar-refractivity contribution in [1.82, 2.24) is 20.1 Å². The van der Waals surface area contributed by atoms with Crippen molar-refractivity contribution in [3.8, 4) is 0 Å². The normalized spacial score (nSPS) is 11.3. The number of hydrogen-bond donors (Lipinski definition) is 1. The quantitative estimate of drug-likeness (QED) is 0.795. The maximum atomic E-state index is 6.11. The highest BCUT2D eigenvalue weighted by atomic mass is 35.5. The van der Waals surface area contributed by atoms with Crippen molar-refractivity contribution in [2.75, 3.05) is 0 Å². The van der Waals surface area contributed by atoms with E-state index in [9.17, 15) is 0 Å². The van der Waals surface area contributed by atoms with Crippen LogP contribution >= 0.6 is 11.6 Å². The third-order valence-corrected chi connectivity index (χ3v) is 3.19. The molecule has 3 aromatic rings. The van der Waals surface area contributed by atoms with Crippen LogP contribution in [0.1, 0.15) is 11.4 Å². The molecule has 0 spiro atoms. The lowest BCUT2D eigenvalue weighted by atomic mass is 10.2. The highest BCUT2D eigenvalue weighted by Gasteiger charge is 2.11. The first-order valence-electron chi connectivity index (χ1n) is 5.95. The molecular formula is C13H13ClN4O. The number of para-hydroxylation sites is 1. The summed E-state index contributed by atoms with van der Waals surface area (Å²) in [5, 5.41) is 8.94. The number of halogens is 1. The van der Waals surface area contributed by atoms with E-state index < -0.39 is 0 Å². The van der Waals surface area contributed by atoms with Crippen molar-refractivity contribution in [2.24, 2.45) is 7.05 Å². The van der Waals surface area contributed by atoms with Crippen LogP contribution < -0.4 is 5.32 Å². The minimum Gasteiger partial charge on any atom is -0.444 e. The number of fused-ring (bicyclic) bond motifs is 1. The Balaban J connectivity index is 1.73. The van der Waals surface area contributed by atoms with E-state index in [4.69, 9.17) is 16.0 Å². The predicted molar refractivity (Wildman–Crippen MR) is 72.8 cm³/mol. The smallest absolute Gasteiger partial charge is 0.199 e. The molecule has 2 aromatic heterocycles. The zero-order valence-electron chi connectivity index (χ0n) is 10.4. The summed E-state index contributed by atoms with van der Waals surface area (Å²) >= 11 is 6.11. The fraction of sp³-hybridized carbons (Fsp3) is 0.231. The molecule has 5 nitrogen and oxygen atoms in total. The maximum Gasteiger partial charge on any atom is 0.199 e. The SMILES string of the molecule is Cn1cnc(CNCc2c(Cl)oc3ccccc23)n1. The number of nitrogens with one attached hydrogen (secondary N) is 1. The first kappa shape index (κ1) is 12.2. The molecule has 0 aliphatic carbocycles. The van der Waals surface area contributed by atoms with Crippen molar-refractivity contribution in [2.45, 2.75) is 13.1 Å². The van der Waals surface area contributed by atoms with E-state index >= 15 is 0 Å². The molecule has 0 unspecified atom stereocenters. The summed E-state index contributed by atoms with van der Waals surface area (Å²) < 4.78 is 7.17. The molecule has 0 bridgehead atoms. The van der Waals surface area contributed by atoms with Crippen LogP contribution in [0.4, 0.5) is 0 Å². The molecule has 19 heavy (non-hydrogen) atoms. The van der Waals surface area contributed by atoms with Gasteiger partial charge < -0.3 is 9.73 Å². The van der Waals surface area contributed by atoms with Gasteiger partial charge in [0.2, 0.25) is 0 Å². The zero-order valence-corrected chi connectivity index (χ0v) is 11.2. The van der Waals surface area contributed by atoms with Crippen molar-refractivity contribution in [3.05, 3.63) is 47.2 Å². The number of furan rings is 1. The molecule has 0 aliphatic rings. The lowest BCUT2D eigenvalue weighted by molar-refractivity contribution is 0.600. The van der Waals surface area contributed by atoms with Crippen molar-refractivity contribution < 1.29 is 4.42 Å². The van der Waals surface area contributed by atoms with Gasteiger partial charge in [-0.25, -0.2) is 4.98 Å². The van der Waals surface area contributed by atoms with Crippen molar-refractivity contribution in [1.29, 1.82) is 0 Å². The number of aromatic nitrogens is 3. The van der Waals surface area contributed by atoms with Crippen LogP contribution in [-0.2, 0) is 20.1 Å². The van der Waals surface area contributed by atoms with Gasteiger partial charge in [0.05, 0.1) is 6.54 Å². The molecular weight excluding hydrogens is 264 g/mol. The van der Waals surface area contributed by atoms with Crippen LogP contribution in [0.15, 0.2) is 35.0 Å². The van der Waals surface area contributed by atoms with E-state index in [0.29, 0.717) is 18.3 Å². The average Bonchev–Trinajstić information content (AvgIpc) is 2.94. The van der Waals surface area contributed by atoms with Crippen LogP contribution in [0.3, 0.4) is 0 Å². The van der Waals surface area contributed by atoms with Gasteiger partial charge in [0.1, 0.15) is 11.9 Å². The fourth-order valence-electron chi connectivity index (χ4n) is 2.00. The van der Waals surface area contributed by atoms with Gasteiger partial charge in [-0.15, -0.1) is 0 Å². The molecule has 0 saturated heterocycles. The summed E-state index contributed by atoms with van der Waals surface area (Å²) in [5.41, 5.74) is 1.77. The number of aryl methyl sites for hydroxylation is 1. The Morgan fingerprint density at radius 3 is 2.95 bits per heavy atom. The van der Waals surface area contributed by atoms with Crippen LogP contribution in [0.5, 0.6) is 0 Å². The molecule has 98 valence electrons. The summed E-state index contributed by atoms with van der Waals surface area (Å²) in [4.78, 5) is 4.15. The topological polar surface area (TPSA) is 55.9 Å². The summed E-state index contributed by atoms with van der Waals surface area (Å²) in [6.45, 7) is 1.21. The molecule has 1 aromatic carbocycles. The molecule has 6 heteroatoms. The van der Waals surface area contributed by atoms with E-state index in [1.807, 2.05) is 31.3 Å². The number of hydrogen-bond acceptors (Lipinski definition) is 4. The molecule has 0 atom stereocenters. The van der Waals surface area contributed by atoms with E-state index in [0.717, 1.165) is 22.4 Å². The summed E-state index contributed by atoms with van der Waals surface area (Å²) in [6.07, 6.45) is 1.68. The first-order valence-corrected chi connectivity index (χ1v) is 6.33. The van der Waals surface area contributed by atoms with E-state index in [2.05, 4.69) is 15.4 Å². The standard InChI is InChI=1S/C13H13ClN4O/c1-18-8-16-12(17-18)7-15-6-10-9-4-2-3-5-11(9)19-13(10)14/h2-5,8,15H,6-7H2,1H3. The maximum absolute atomic E-state index is 6.11. The van der Waals surface area contributed by atoms with Gasteiger partial charge in [0, 0.05) is 24.5 Å². The Labute approximate surface area is 115 Å². The fourth-order valence-corrected chi connectivity index (χ4v) is 2.25. The molecule has 2 heterocycles. The van der Waals surface area contributed by atoms with E-state index in [1.54, 1.807) is 11.0 Å². The molecule has 3 rings (SSSR count). The van der Waals surface area contributed by atoms with Crippen LogP contribution in [0.2, 0.25) is 5.22 Å². The zero-order chi connectivity index (χ0) is 13.2. The van der Waals surface area contributed by atoms with Gasteiger partial charge in [0.15, 0.2) is 11.0 Å². The third kappa shape index (κ3) is 2.47. The number of rotatable bonds is 4. The van der Waals surface area contributed by atoms with Gasteiger partial charge in [-0.3, -0.25) is 4.68 Å². The second-order valence-corrected chi connectivity index (χ2v) is 4.63. The van der Waals surface area contributed by atoms with Crippen molar-refractivity contribution >= 4 is 22.6 Å². The van der Waals surface area contributed by atoms with Crippen molar-refractivity contribution in [3.63, 3.8) is 0 Å². The Morgan fingerprint density at radius 2 is 2.16 bits per heavy atom. The van der Waals surface area contributed by atoms with E-state index in [-0.39, 0.29) is 0 Å². The summed E-state index contributed by atoms with van der Waals surface area (Å²) in [5.74, 6) is 0.756. The van der Waals surface area contributed by atoms with Gasteiger partial charge in [-0.05, 0) is 17.7 Å². The Hall–Kier alpha value is -1.85. The Bertz CT molecular complexity index is 704. The second-order valence-electron chi connectivity index (χ2n) is 4.29. The number of benzene rings is 1. The monoisotopic (exact) mass is 276 g/mol. The Kier molecular flexibility index (Phi) is 3.23. The second kappa shape index (κ2) is 5.03. The van der Waals surface area contributed by atoms with Gasteiger partial charge in [-0.2, -0.15) is 5.10 Å². The number of nitrogens with zero attached hydrogens (tertiary/aromatic N) is 3. The molecule has 0 radical (unpaired) electrons. The van der Waals surface area contributed by atoms with Crippen LogP contribution in [0, 0.1) is 0 Å². The summed E-state index contributed by atoms with van der Waals surface area (Å²) in [6, 6.07) is 7.81. The Morgan fingerprint density at radius 1 is 1.32 bits per heavy atom. The molecule has 0 amide bonds. The first-order chi connectivity index (χ1) is 9.24. The van der Waals surface area contributed by atoms with Gasteiger partial charge in [0.25, 0.3) is 0 Å². The molecule has 1 N–H and O–H groups in total. The van der Waals surface area contributed by atoms with Gasteiger partial charge in [-0.1, -0.05) is 18.2 Å². The minimum atomic E-state index is 0.433.